The normalized spacial score (nSPS) is 20.7. The van der Waals surface area contributed by atoms with Gasteiger partial charge in [0, 0.05) is 18.8 Å². The van der Waals surface area contributed by atoms with Crippen molar-refractivity contribution in [1.82, 2.24) is 5.32 Å². The van der Waals surface area contributed by atoms with Gasteiger partial charge < -0.3 is 20.8 Å². The Morgan fingerprint density at radius 1 is 1.56 bits per heavy atom. The summed E-state index contributed by atoms with van der Waals surface area (Å²) in [6, 6.07) is 7.68. The minimum Gasteiger partial charge on any atom is -0.393 e. The van der Waals surface area contributed by atoms with E-state index < -0.39 is 5.60 Å². The highest BCUT2D eigenvalue weighted by Gasteiger charge is 2.29. The number of carbonyl (C=O) groups excluding carboxylic acids is 1. The lowest BCUT2D eigenvalue weighted by atomic mass is 10.00. The van der Waals surface area contributed by atoms with Gasteiger partial charge in [-0.2, -0.15) is 0 Å². The number of fused-ring (bicyclic) bond motifs is 1. The lowest BCUT2D eigenvalue weighted by molar-refractivity contribution is -0.123. The molecular weight excluding hydrogens is 232 g/mol. The summed E-state index contributed by atoms with van der Waals surface area (Å²) in [5, 5.41) is 24.4. The molecule has 1 aromatic rings. The van der Waals surface area contributed by atoms with E-state index in [2.05, 4.69) is 10.6 Å². The zero-order valence-corrected chi connectivity index (χ0v) is 10.3. The number of hydrogen-bond donors (Lipinski definition) is 4. The summed E-state index contributed by atoms with van der Waals surface area (Å²) < 4.78 is 0. The third-order valence-corrected chi connectivity index (χ3v) is 3.13. The van der Waals surface area contributed by atoms with E-state index in [1.54, 1.807) is 0 Å². The maximum Gasteiger partial charge on any atom is 0.229 e. The summed E-state index contributed by atoms with van der Waals surface area (Å²) in [5.41, 5.74) is 0.673. The largest absolute Gasteiger partial charge is 0.393 e. The fourth-order valence-electron chi connectivity index (χ4n) is 1.97. The van der Waals surface area contributed by atoms with E-state index in [-0.39, 0.29) is 25.0 Å². The highest BCUT2D eigenvalue weighted by Crippen LogP contribution is 2.30. The number of hydrogen-bond acceptors (Lipinski definition) is 4. The molecule has 2 atom stereocenters. The molecule has 1 heterocycles. The maximum absolute atomic E-state index is 12.0. The number of benzene rings is 1. The van der Waals surface area contributed by atoms with Crippen molar-refractivity contribution in [1.29, 1.82) is 0 Å². The van der Waals surface area contributed by atoms with Crippen molar-refractivity contribution in [2.45, 2.75) is 18.4 Å². The van der Waals surface area contributed by atoms with Crippen LogP contribution in [-0.2, 0) is 4.79 Å². The molecular formula is C13H18N2O3. The minimum absolute atomic E-state index is 0.0427. The van der Waals surface area contributed by atoms with Gasteiger partial charge in [0.1, 0.15) is 5.60 Å². The van der Waals surface area contributed by atoms with Crippen molar-refractivity contribution in [2.75, 3.05) is 25.0 Å². The summed E-state index contributed by atoms with van der Waals surface area (Å²) in [7, 11) is 0. The first-order valence-electron chi connectivity index (χ1n) is 5.97. The zero-order valence-electron chi connectivity index (χ0n) is 10.3. The van der Waals surface area contributed by atoms with Gasteiger partial charge in [-0.05, 0) is 18.6 Å². The summed E-state index contributed by atoms with van der Waals surface area (Å²) in [6.07, 6.45) is 0. The van der Waals surface area contributed by atoms with Crippen LogP contribution >= 0.6 is 0 Å². The second kappa shape index (κ2) is 4.96. The van der Waals surface area contributed by atoms with Gasteiger partial charge in [-0.1, -0.05) is 18.2 Å². The lowest BCUT2D eigenvalue weighted by Crippen LogP contribution is -2.44. The van der Waals surface area contributed by atoms with E-state index in [0.29, 0.717) is 6.54 Å². The molecule has 1 aliphatic rings. The van der Waals surface area contributed by atoms with Crippen LogP contribution in [0.5, 0.6) is 0 Å². The summed E-state index contributed by atoms with van der Waals surface area (Å²) in [4.78, 5) is 12.0. The quantitative estimate of drug-likeness (QED) is 0.609. The van der Waals surface area contributed by atoms with Crippen LogP contribution in [0.2, 0.25) is 0 Å². The van der Waals surface area contributed by atoms with Crippen molar-refractivity contribution < 1.29 is 15.0 Å². The van der Waals surface area contributed by atoms with Crippen LogP contribution in [-0.4, -0.2) is 41.4 Å². The number of para-hydroxylation sites is 1. The predicted molar refractivity (Wildman–Crippen MR) is 68.4 cm³/mol. The average Bonchev–Trinajstić information content (AvgIpc) is 2.80. The number of anilines is 1. The monoisotopic (exact) mass is 250 g/mol. The molecule has 5 heteroatoms. The van der Waals surface area contributed by atoms with Crippen LogP contribution in [0, 0.1) is 0 Å². The topological polar surface area (TPSA) is 81.6 Å². The van der Waals surface area contributed by atoms with Crippen LogP contribution in [0.1, 0.15) is 18.4 Å². The van der Waals surface area contributed by atoms with E-state index in [4.69, 9.17) is 5.11 Å². The van der Waals surface area contributed by atoms with Gasteiger partial charge in [0.15, 0.2) is 0 Å². The van der Waals surface area contributed by atoms with E-state index >= 15 is 0 Å². The second-order valence-corrected chi connectivity index (χ2v) is 4.89. The molecule has 1 amide bonds. The van der Waals surface area contributed by atoms with Crippen molar-refractivity contribution in [3.63, 3.8) is 0 Å². The zero-order chi connectivity index (χ0) is 13.2. The molecule has 18 heavy (non-hydrogen) atoms. The Bertz CT molecular complexity index is 446. The number of carbonyl (C=O) groups is 1. The number of aliphatic hydroxyl groups excluding tert-OH is 1. The fraction of sp³-hybridized carbons (Fsp3) is 0.462. The Hall–Kier alpha value is -1.59. The van der Waals surface area contributed by atoms with Crippen LogP contribution in [0.4, 0.5) is 5.69 Å². The van der Waals surface area contributed by atoms with Crippen LogP contribution in [0.3, 0.4) is 0 Å². The van der Waals surface area contributed by atoms with Gasteiger partial charge in [0.05, 0.1) is 12.5 Å². The molecule has 5 nitrogen and oxygen atoms in total. The smallest absolute Gasteiger partial charge is 0.229 e. The van der Waals surface area contributed by atoms with Crippen molar-refractivity contribution in [3.05, 3.63) is 29.8 Å². The maximum atomic E-state index is 12.0. The van der Waals surface area contributed by atoms with Gasteiger partial charge in [-0.15, -0.1) is 0 Å². The van der Waals surface area contributed by atoms with Gasteiger partial charge in [0.2, 0.25) is 5.91 Å². The highest BCUT2D eigenvalue weighted by molar-refractivity contribution is 5.88. The third-order valence-electron chi connectivity index (χ3n) is 3.13. The molecule has 4 N–H and O–H groups in total. The van der Waals surface area contributed by atoms with Crippen molar-refractivity contribution in [3.8, 4) is 0 Å². The first-order valence-corrected chi connectivity index (χ1v) is 5.97. The van der Waals surface area contributed by atoms with Gasteiger partial charge >= 0.3 is 0 Å². The van der Waals surface area contributed by atoms with Crippen molar-refractivity contribution in [2.24, 2.45) is 0 Å². The molecule has 0 radical (unpaired) electrons. The standard InChI is InChI=1S/C13H18N2O3/c1-13(18,8-16)7-15-12(17)10-6-14-11-5-3-2-4-9(10)11/h2-5,10,14,16,18H,6-8H2,1H3,(H,15,17). The lowest BCUT2D eigenvalue weighted by Gasteiger charge is -2.21. The second-order valence-electron chi connectivity index (χ2n) is 4.89. The van der Waals surface area contributed by atoms with Crippen LogP contribution in [0.15, 0.2) is 24.3 Å². The average molecular weight is 250 g/mol. The highest BCUT2D eigenvalue weighted by atomic mass is 16.3. The number of rotatable bonds is 4. The van der Waals surface area contributed by atoms with Gasteiger partial charge in [-0.25, -0.2) is 0 Å². The minimum atomic E-state index is -1.28. The Morgan fingerprint density at radius 2 is 2.28 bits per heavy atom. The van der Waals surface area contributed by atoms with E-state index in [0.717, 1.165) is 11.3 Å². The SMILES string of the molecule is CC(O)(CO)CNC(=O)C1CNc2ccccc21. The van der Waals surface area contributed by atoms with E-state index in [1.165, 1.54) is 6.92 Å². The Kier molecular flexibility index (Phi) is 3.54. The molecule has 0 spiro atoms. The molecule has 0 aromatic heterocycles. The third kappa shape index (κ3) is 2.63. The molecule has 0 bridgehead atoms. The molecule has 1 aromatic carbocycles. The Balaban J connectivity index is 2.00. The molecule has 2 rings (SSSR count). The van der Waals surface area contributed by atoms with E-state index in [1.807, 2.05) is 24.3 Å². The molecule has 0 saturated heterocycles. The number of aliphatic hydroxyl groups is 2. The Labute approximate surface area is 106 Å². The predicted octanol–water partition coefficient (Wildman–Crippen LogP) is 0.0552. The first-order chi connectivity index (χ1) is 8.53. The van der Waals surface area contributed by atoms with Crippen LogP contribution < -0.4 is 10.6 Å². The first kappa shape index (κ1) is 12.9. The molecule has 2 unspecified atom stereocenters. The summed E-state index contributed by atoms with van der Waals surface area (Å²) in [5.74, 6) is -0.378. The molecule has 0 aliphatic carbocycles. The van der Waals surface area contributed by atoms with Gasteiger partial charge in [-0.3, -0.25) is 4.79 Å². The van der Waals surface area contributed by atoms with E-state index in [9.17, 15) is 9.90 Å². The summed E-state index contributed by atoms with van der Waals surface area (Å²) >= 11 is 0. The van der Waals surface area contributed by atoms with Crippen molar-refractivity contribution >= 4 is 11.6 Å². The molecule has 0 saturated carbocycles. The number of nitrogens with one attached hydrogen (secondary N) is 2. The van der Waals surface area contributed by atoms with Crippen LogP contribution in [0.25, 0.3) is 0 Å². The number of amides is 1. The Morgan fingerprint density at radius 3 is 3.00 bits per heavy atom. The fourth-order valence-corrected chi connectivity index (χ4v) is 1.97. The molecule has 1 aliphatic heterocycles. The molecule has 98 valence electrons. The van der Waals surface area contributed by atoms with Gasteiger partial charge in [0.25, 0.3) is 0 Å². The summed E-state index contributed by atoms with van der Waals surface area (Å²) in [6.45, 7) is 1.70. The molecule has 0 fully saturated rings.